The molecule has 1 N–H and O–H groups in total. The van der Waals surface area contributed by atoms with E-state index < -0.39 is 5.60 Å². The summed E-state index contributed by atoms with van der Waals surface area (Å²) in [6, 6.07) is 2.11. The van der Waals surface area contributed by atoms with Crippen LogP contribution in [0.3, 0.4) is 0 Å². The molecule has 0 saturated heterocycles. The lowest BCUT2D eigenvalue weighted by Crippen LogP contribution is -2.43. The van der Waals surface area contributed by atoms with Gasteiger partial charge in [0.15, 0.2) is 0 Å². The van der Waals surface area contributed by atoms with Crippen LogP contribution in [0.15, 0.2) is 0 Å². The van der Waals surface area contributed by atoms with Crippen molar-refractivity contribution in [2.75, 3.05) is 7.11 Å². The predicted molar refractivity (Wildman–Crippen MR) is 49.0 cm³/mol. The summed E-state index contributed by atoms with van der Waals surface area (Å²) in [4.78, 5) is 0. The second kappa shape index (κ2) is 4.08. The first-order valence-electron chi connectivity index (χ1n) is 4.77. The SMILES string of the molecule is COC1CCCC(O)(C(C)C#N)C1. The fourth-order valence-corrected chi connectivity index (χ4v) is 1.95. The van der Waals surface area contributed by atoms with Gasteiger partial charge in [-0.2, -0.15) is 5.26 Å². The molecule has 0 bridgehead atoms. The van der Waals surface area contributed by atoms with Crippen LogP contribution in [-0.2, 0) is 4.74 Å². The van der Waals surface area contributed by atoms with Gasteiger partial charge in [-0.05, 0) is 26.2 Å². The van der Waals surface area contributed by atoms with Gasteiger partial charge in [-0.15, -0.1) is 0 Å². The molecule has 1 aliphatic rings. The third-order valence-corrected chi connectivity index (χ3v) is 3.05. The third kappa shape index (κ3) is 2.20. The highest BCUT2D eigenvalue weighted by atomic mass is 16.5. The standard InChI is InChI=1S/C10H17NO2/c1-8(7-11)10(12)5-3-4-9(6-10)13-2/h8-9,12H,3-6H2,1-2H3. The first-order chi connectivity index (χ1) is 6.12. The number of hydrogen-bond acceptors (Lipinski definition) is 3. The molecule has 3 nitrogen and oxygen atoms in total. The Morgan fingerprint density at radius 3 is 2.92 bits per heavy atom. The molecule has 0 amide bonds. The Kier molecular flexibility index (Phi) is 3.29. The van der Waals surface area contributed by atoms with Crippen molar-refractivity contribution in [2.45, 2.75) is 44.3 Å². The first kappa shape index (κ1) is 10.5. The fourth-order valence-electron chi connectivity index (χ4n) is 1.95. The van der Waals surface area contributed by atoms with Gasteiger partial charge in [-0.3, -0.25) is 0 Å². The van der Waals surface area contributed by atoms with E-state index in [0.717, 1.165) is 19.3 Å². The summed E-state index contributed by atoms with van der Waals surface area (Å²) in [7, 11) is 1.66. The minimum atomic E-state index is -0.826. The maximum atomic E-state index is 10.1. The molecule has 0 aliphatic heterocycles. The van der Waals surface area contributed by atoms with Gasteiger partial charge in [0.2, 0.25) is 0 Å². The average molecular weight is 183 g/mol. The Balaban J connectivity index is 2.63. The molecule has 0 heterocycles. The number of nitriles is 1. The minimum absolute atomic E-state index is 0.120. The van der Waals surface area contributed by atoms with Crippen LogP contribution in [0.2, 0.25) is 0 Å². The van der Waals surface area contributed by atoms with Gasteiger partial charge in [0.25, 0.3) is 0 Å². The van der Waals surface area contributed by atoms with E-state index in [2.05, 4.69) is 6.07 Å². The van der Waals surface area contributed by atoms with E-state index in [4.69, 9.17) is 10.00 Å². The number of rotatable bonds is 2. The summed E-state index contributed by atoms with van der Waals surface area (Å²) in [5.41, 5.74) is -0.826. The second-order valence-electron chi connectivity index (χ2n) is 3.91. The van der Waals surface area contributed by atoms with Crippen LogP contribution in [-0.4, -0.2) is 23.9 Å². The Bertz CT molecular complexity index is 211. The molecule has 13 heavy (non-hydrogen) atoms. The van der Waals surface area contributed by atoms with Crippen molar-refractivity contribution in [3.8, 4) is 6.07 Å². The highest BCUT2D eigenvalue weighted by Gasteiger charge is 2.39. The van der Waals surface area contributed by atoms with E-state index in [0.29, 0.717) is 6.42 Å². The van der Waals surface area contributed by atoms with Crippen LogP contribution < -0.4 is 0 Å². The first-order valence-corrected chi connectivity index (χ1v) is 4.77. The summed E-state index contributed by atoms with van der Waals surface area (Å²) in [5.74, 6) is -0.301. The zero-order chi connectivity index (χ0) is 9.90. The van der Waals surface area contributed by atoms with E-state index in [1.807, 2.05) is 0 Å². The van der Waals surface area contributed by atoms with Crippen LogP contribution in [0.25, 0.3) is 0 Å². The molecular formula is C10H17NO2. The molecule has 0 aromatic rings. The molecule has 0 spiro atoms. The summed E-state index contributed by atoms with van der Waals surface area (Å²) >= 11 is 0. The number of nitrogens with zero attached hydrogens (tertiary/aromatic N) is 1. The minimum Gasteiger partial charge on any atom is -0.388 e. The lowest BCUT2D eigenvalue weighted by molar-refractivity contribution is -0.0776. The largest absolute Gasteiger partial charge is 0.388 e. The Morgan fingerprint density at radius 2 is 2.38 bits per heavy atom. The molecule has 0 radical (unpaired) electrons. The van der Waals surface area contributed by atoms with E-state index in [1.165, 1.54) is 0 Å². The molecule has 1 fully saturated rings. The Labute approximate surface area is 79.3 Å². The maximum Gasteiger partial charge on any atom is 0.0827 e. The fraction of sp³-hybridized carbons (Fsp3) is 0.900. The van der Waals surface area contributed by atoms with Crippen LogP contribution >= 0.6 is 0 Å². The van der Waals surface area contributed by atoms with Crippen LogP contribution in [0.5, 0.6) is 0 Å². The monoisotopic (exact) mass is 183 g/mol. The van der Waals surface area contributed by atoms with E-state index >= 15 is 0 Å². The summed E-state index contributed by atoms with van der Waals surface area (Å²) in [5, 5.41) is 18.9. The number of hydrogen-bond donors (Lipinski definition) is 1. The van der Waals surface area contributed by atoms with Crippen molar-refractivity contribution in [1.82, 2.24) is 0 Å². The van der Waals surface area contributed by atoms with Crippen molar-refractivity contribution in [3.63, 3.8) is 0 Å². The second-order valence-corrected chi connectivity index (χ2v) is 3.91. The zero-order valence-electron chi connectivity index (χ0n) is 8.29. The topological polar surface area (TPSA) is 53.2 Å². The molecule has 0 aromatic carbocycles. The van der Waals surface area contributed by atoms with Crippen molar-refractivity contribution in [3.05, 3.63) is 0 Å². The normalized spacial score (nSPS) is 36.6. The van der Waals surface area contributed by atoms with Gasteiger partial charge in [-0.1, -0.05) is 0 Å². The highest BCUT2D eigenvalue weighted by molar-refractivity contribution is 4.99. The van der Waals surface area contributed by atoms with Gasteiger partial charge >= 0.3 is 0 Å². The van der Waals surface area contributed by atoms with Crippen molar-refractivity contribution in [1.29, 1.82) is 5.26 Å². The highest BCUT2D eigenvalue weighted by Crippen LogP contribution is 2.35. The molecule has 74 valence electrons. The molecule has 1 saturated carbocycles. The summed E-state index contributed by atoms with van der Waals surface area (Å²) < 4.78 is 5.21. The van der Waals surface area contributed by atoms with Gasteiger partial charge in [0, 0.05) is 13.5 Å². The van der Waals surface area contributed by atoms with Crippen LogP contribution in [0.4, 0.5) is 0 Å². The Morgan fingerprint density at radius 1 is 1.69 bits per heavy atom. The van der Waals surface area contributed by atoms with Gasteiger partial charge in [0.1, 0.15) is 0 Å². The van der Waals surface area contributed by atoms with Crippen molar-refractivity contribution >= 4 is 0 Å². The Hall–Kier alpha value is -0.590. The number of ether oxygens (including phenoxy) is 1. The van der Waals surface area contributed by atoms with E-state index in [-0.39, 0.29) is 12.0 Å². The molecule has 3 unspecified atom stereocenters. The molecular weight excluding hydrogens is 166 g/mol. The quantitative estimate of drug-likeness (QED) is 0.705. The van der Waals surface area contributed by atoms with E-state index in [9.17, 15) is 5.11 Å². The summed E-state index contributed by atoms with van der Waals surface area (Å²) in [6.45, 7) is 1.78. The lowest BCUT2D eigenvalue weighted by Gasteiger charge is -2.37. The van der Waals surface area contributed by atoms with Gasteiger partial charge in [-0.25, -0.2) is 0 Å². The van der Waals surface area contributed by atoms with Crippen molar-refractivity contribution < 1.29 is 9.84 Å². The maximum absolute atomic E-state index is 10.1. The van der Waals surface area contributed by atoms with E-state index in [1.54, 1.807) is 14.0 Å². The molecule has 1 rings (SSSR count). The molecule has 3 atom stereocenters. The number of methoxy groups -OCH3 is 1. The van der Waals surface area contributed by atoms with Gasteiger partial charge in [0.05, 0.1) is 23.7 Å². The van der Waals surface area contributed by atoms with Crippen molar-refractivity contribution in [2.24, 2.45) is 5.92 Å². The van der Waals surface area contributed by atoms with Crippen LogP contribution in [0, 0.1) is 17.2 Å². The smallest absolute Gasteiger partial charge is 0.0827 e. The molecule has 3 heteroatoms. The predicted octanol–water partition coefficient (Wildman–Crippen LogP) is 1.47. The van der Waals surface area contributed by atoms with Gasteiger partial charge < -0.3 is 9.84 Å². The third-order valence-electron chi connectivity index (χ3n) is 3.05. The summed E-state index contributed by atoms with van der Waals surface area (Å²) in [6.07, 6.45) is 3.38. The lowest BCUT2D eigenvalue weighted by atomic mass is 9.76. The molecule has 1 aliphatic carbocycles. The molecule has 0 aromatic heterocycles. The zero-order valence-corrected chi connectivity index (χ0v) is 8.29. The van der Waals surface area contributed by atoms with Crippen LogP contribution in [0.1, 0.15) is 32.6 Å². The number of aliphatic hydroxyl groups is 1. The average Bonchev–Trinajstić information content (AvgIpc) is 2.16.